The summed E-state index contributed by atoms with van der Waals surface area (Å²) in [4.78, 5) is 23.2. The molecule has 0 aromatic heterocycles. The zero-order chi connectivity index (χ0) is 19.5. The first-order valence-electron chi connectivity index (χ1n) is 9.93. The van der Waals surface area contributed by atoms with Gasteiger partial charge < -0.3 is 15.8 Å². The third-order valence-electron chi connectivity index (χ3n) is 4.30. The van der Waals surface area contributed by atoms with Gasteiger partial charge >= 0.3 is 5.97 Å². The molecule has 0 bridgehead atoms. The number of unbranched alkanes of at least 4 members (excludes halogenated alkanes) is 9. The van der Waals surface area contributed by atoms with Crippen molar-refractivity contribution in [3.8, 4) is 0 Å². The van der Waals surface area contributed by atoms with Crippen molar-refractivity contribution < 1.29 is 14.7 Å². The monoisotopic (exact) mass is 385 g/mol. The molecule has 0 aliphatic rings. The van der Waals surface area contributed by atoms with Crippen molar-refractivity contribution in [2.75, 3.05) is 6.54 Å². The third kappa shape index (κ3) is 16.0. The number of nitrogens with zero attached hydrogens (tertiary/aromatic N) is 1. The summed E-state index contributed by atoms with van der Waals surface area (Å²) in [5.74, 6) is -1.14. The number of carboxylic acid groups (broad SMARTS) is 1. The zero-order valence-corrected chi connectivity index (χ0v) is 16.9. The molecule has 0 fully saturated rings. The quantitative estimate of drug-likeness (QED) is 0.142. The van der Waals surface area contributed by atoms with Crippen molar-refractivity contribution in [3.05, 3.63) is 0 Å². The fourth-order valence-electron chi connectivity index (χ4n) is 2.76. The van der Waals surface area contributed by atoms with Crippen LogP contribution < -0.4 is 10.7 Å². The molecule has 0 saturated heterocycles. The van der Waals surface area contributed by atoms with E-state index >= 15 is 0 Å². The molecule has 7 heteroatoms. The van der Waals surface area contributed by atoms with Crippen LogP contribution in [0.25, 0.3) is 0 Å². The molecule has 3 N–H and O–H groups in total. The smallest absolute Gasteiger partial charge is 0.326 e. The summed E-state index contributed by atoms with van der Waals surface area (Å²) in [5.41, 5.74) is 2.71. The second kappa shape index (κ2) is 18.3. The van der Waals surface area contributed by atoms with Crippen LogP contribution in [-0.4, -0.2) is 34.7 Å². The summed E-state index contributed by atoms with van der Waals surface area (Å²) in [6.45, 7) is 2.83. The fraction of sp³-hybridized carbons (Fsp3) is 0.842. The van der Waals surface area contributed by atoms with E-state index in [-0.39, 0.29) is 5.91 Å². The Kier molecular flexibility index (Phi) is 17.3. The van der Waals surface area contributed by atoms with Crippen LogP contribution in [0.3, 0.4) is 0 Å². The van der Waals surface area contributed by atoms with Gasteiger partial charge in [-0.2, -0.15) is 0 Å². The van der Waals surface area contributed by atoms with Crippen molar-refractivity contribution >= 4 is 29.3 Å². The van der Waals surface area contributed by atoms with E-state index in [2.05, 4.69) is 40.1 Å². The van der Waals surface area contributed by atoms with Crippen LogP contribution in [0, 0.1) is 0 Å². The number of hydrogen-bond donors (Lipinski definition) is 3. The van der Waals surface area contributed by atoms with Crippen molar-refractivity contribution in [2.45, 2.75) is 96.4 Å². The SMILES string of the molecule is CCCCCCCCCCCC(=O)N[C@@H](CCCCNN=C=S)C(=O)O. The van der Waals surface area contributed by atoms with E-state index in [1.165, 1.54) is 38.5 Å². The van der Waals surface area contributed by atoms with Gasteiger partial charge in [-0.15, -0.1) is 5.10 Å². The minimum absolute atomic E-state index is 0.163. The fourth-order valence-corrected chi connectivity index (χ4v) is 2.83. The van der Waals surface area contributed by atoms with E-state index in [0.29, 0.717) is 25.8 Å². The van der Waals surface area contributed by atoms with Gasteiger partial charge in [-0.05, 0) is 37.9 Å². The highest BCUT2D eigenvalue weighted by Crippen LogP contribution is 2.10. The van der Waals surface area contributed by atoms with E-state index < -0.39 is 12.0 Å². The molecular formula is C19H35N3O3S. The van der Waals surface area contributed by atoms with E-state index in [4.69, 9.17) is 0 Å². The van der Waals surface area contributed by atoms with Gasteiger partial charge in [0.05, 0.1) is 5.16 Å². The summed E-state index contributed by atoms with van der Waals surface area (Å²) in [7, 11) is 0. The molecule has 0 radical (unpaired) electrons. The van der Waals surface area contributed by atoms with E-state index in [1.54, 1.807) is 0 Å². The Morgan fingerprint density at radius 1 is 1.00 bits per heavy atom. The highest BCUT2D eigenvalue weighted by molar-refractivity contribution is 7.78. The molecule has 0 rings (SSSR count). The van der Waals surface area contributed by atoms with Crippen LogP contribution in [0.4, 0.5) is 0 Å². The summed E-state index contributed by atoms with van der Waals surface area (Å²) in [6, 6.07) is -0.810. The number of thiocarbonyl (C=S) groups is 1. The van der Waals surface area contributed by atoms with Crippen molar-refractivity contribution in [1.29, 1.82) is 0 Å². The van der Waals surface area contributed by atoms with Crippen LogP contribution in [0.15, 0.2) is 5.10 Å². The average Bonchev–Trinajstić information content (AvgIpc) is 2.62. The van der Waals surface area contributed by atoms with Gasteiger partial charge in [0.2, 0.25) is 5.91 Å². The molecule has 0 saturated carbocycles. The normalized spacial score (nSPS) is 11.4. The zero-order valence-electron chi connectivity index (χ0n) is 16.1. The first-order chi connectivity index (χ1) is 12.6. The molecule has 0 spiro atoms. The van der Waals surface area contributed by atoms with Crippen LogP contribution in [0.1, 0.15) is 90.4 Å². The number of aliphatic carboxylic acids is 1. The number of amides is 1. The maximum absolute atomic E-state index is 11.9. The molecular weight excluding hydrogens is 350 g/mol. The second-order valence-electron chi connectivity index (χ2n) is 6.64. The van der Waals surface area contributed by atoms with Gasteiger partial charge in [-0.1, -0.05) is 58.3 Å². The largest absolute Gasteiger partial charge is 0.480 e. The molecule has 150 valence electrons. The van der Waals surface area contributed by atoms with Crippen LogP contribution >= 0.6 is 12.2 Å². The Bertz CT molecular complexity index is 426. The molecule has 0 aliphatic carbocycles. The summed E-state index contributed by atoms with van der Waals surface area (Å²) >= 11 is 4.43. The molecule has 0 heterocycles. The van der Waals surface area contributed by atoms with Crippen molar-refractivity contribution in [2.24, 2.45) is 5.10 Å². The topological polar surface area (TPSA) is 90.8 Å². The van der Waals surface area contributed by atoms with E-state index in [9.17, 15) is 14.7 Å². The number of carbonyl (C=O) groups is 2. The minimum Gasteiger partial charge on any atom is -0.480 e. The molecule has 1 amide bonds. The van der Waals surface area contributed by atoms with E-state index in [1.807, 2.05) is 0 Å². The Morgan fingerprint density at radius 3 is 2.19 bits per heavy atom. The summed E-state index contributed by atoms with van der Waals surface area (Å²) in [6.07, 6.45) is 13.0. The number of hydrogen-bond acceptors (Lipinski definition) is 5. The van der Waals surface area contributed by atoms with Gasteiger partial charge in [0.15, 0.2) is 0 Å². The van der Waals surface area contributed by atoms with Crippen molar-refractivity contribution in [3.63, 3.8) is 0 Å². The third-order valence-corrected chi connectivity index (χ3v) is 4.39. The van der Waals surface area contributed by atoms with Gasteiger partial charge in [-0.25, -0.2) is 4.79 Å². The lowest BCUT2D eigenvalue weighted by atomic mass is 10.1. The standard InChI is InChI=1S/C19H35N3O3S/c1-2-3-4-5-6-7-8-9-10-14-18(23)22-17(19(24)25)13-11-12-15-20-21-16-26/h17,20H,2-15H2,1H3,(H,22,23)(H,24,25)/t17-/m0/s1. The molecule has 0 aromatic carbocycles. The number of rotatable bonds is 18. The Hall–Kier alpha value is -1.46. The Morgan fingerprint density at radius 2 is 1.62 bits per heavy atom. The number of hydrazone groups is 1. The van der Waals surface area contributed by atoms with Crippen molar-refractivity contribution in [1.82, 2.24) is 10.7 Å². The molecule has 6 nitrogen and oxygen atoms in total. The van der Waals surface area contributed by atoms with Crippen LogP contribution in [0.2, 0.25) is 0 Å². The second-order valence-corrected chi connectivity index (χ2v) is 6.83. The average molecular weight is 386 g/mol. The molecule has 26 heavy (non-hydrogen) atoms. The predicted octanol–water partition coefficient (Wildman–Crippen LogP) is 4.25. The number of carbonyl (C=O) groups excluding carboxylic acids is 1. The lowest BCUT2D eigenvalue weighted by Gasteiger charge is -2.14. The minimum atomic E-state index is -0.977. The first kappa shape index (κ1) is 24.5. The maximum atomic E-state index is 11.9. The number of isothiocyanates is 1. The lowest BCUT2D eigenvalue weighted by Crippen LogP contribution is -2.40. The highest BCUT2D eigenvalue weighted by atomic mass is 32.1. The van der Waals surface area contributed by atoms with E-state index in [0.717, 1.165) is 25.7 Å². The van der Waals surface area contributed by atoms with Gasteiger partial charge in [-0.3, -0.25) is 4.79 Å². The maximum Gasteiger partial charge on any atom is 0.326 e. The molecule has 0 aliphatic heterocycles. The molecule has 0 aromatic rings. The van der Waals surface area contributed by atoms with Gasteiger partial charge in [0, 0.05) is 13.0 Å². The predicted molar refractivity (Wildman–Crippen MR) is 108 cm³/mol. The molecule has 1 atom stereocenters. The first-order valence-corrected chi connectivity index (χ1v) is 10.3. The summed E-state index contributed by atoms with van der Waals surface area (Å²) < 4.78 is 0. The number of carboxylic acids is 1. The van der Waals surface area contributed by atoms with Gasteiger partial charge in [0.25, 0.3) is 0 Å². The summed E-state index contributed by atoms with van der Waals surface area (Å²) in [5, 5.41) is 17.6. The van der Waals surface area contributed by atoms with Crippen LogP contribution in [-0.2, 0) is 9.59 Å². The molecule has 0 unspecified atom stereocenters. The lowest BCUT2D eigenvalue weighted by molar-refractivity contribution is -0.142. The Balaban J connectivity index is 3.71. The number of nitrogens with one attached hydrogen (secondary N) is 2. The van der Waals surface area contributed by atoms with Gasteiger partial charge in [0.1, 0.15) is 6.04 Å². The van der Waals surface area contributed by atoms with Crippen LogP contribution in [0.5, 0.6) is 0 Å². The highest BCUT2D eigenvalue weighted by Gasteiger charge is 2.18. The Labute approximate surface area is 163 Å².